The molecular weight excluding hydrogens is 316 g/mol. The van der Waals surface area contributed by atoms with Gasteiger partial charge in [-0.2, -0.15) is 0 Å². The van der Waals surface area contributed by atoms with E-state index in [0.29, 0.717) is 33.3 Å². The lowest BCUT2D eigenvalue weighted by molar-refractivity contribution is 0.102. The first-order valence-corrected chi connectivity index (χ1v) is 7.25. The van der Waals surface area contributed by atoms with E-state index in [9.17, 15) is 9.90 Å². The van der Waals surface area contributed by atoms with E-state index in [1.54, 1.807) is 37.3 Å². The first kappa shape index (κ1) is 15.1. The van der Waals surface area contributed by atoms with Crippen LogP contribution in [-0.4, -0.2) is 16.2 Å². The van der Waals surface area contributed by atoms with Gasteiger partial charge in [0.2, 0.25) is 0 Å². The minimum Gasteiger partial charge on any atom is -0.508 e. The van der Waals surface area contributed by atoms with E-state index in [2.05, 4.69) is 10.5 Å². The summed E-state index contributed by atoms with van der Waals surface area (Å²) in [6.45, 7) is 1.67. The van der Waals surface area contributed by atoms with Crippen LogP contribution in [0.25, 0.3) is 11.3 Å². The monoisotopic (exact) mass is 328 g/mol. The molecule has 1 heterocycles. The topological polar surface area (TPSA) is 75.4 Å². The Balaban J connectivity index is 1.97. The second-order valence-electron chi connectivity index (χ2n) is 4.94. The van der Waals surface area contributed by atoms with Crippen LogP contribution in [0.5, 0.6) is 5.75 Å². The molecule has 0 spiro atoms. The van der Waals surface area contributed by atoms with Gasteiger partial charge in [0.25, 0.3) is 5.91 Å². The Morgan fingerprint density at radius 3 is 2.57 bits per heavy atom. The third-order valence-electron chi connectivity index (χ3n) is 3.34. The highest BCUT2D eigenvalue weighted by molar-refractivity contribution is 6.33. The molecule has 0 saturated heterocycles. The molecule has 3 aromatic rings. The summed E-state index contributed by atoms with van der Waals surface area (Å²) in [6, 6.07) is 13.3. The number of halogens is 1. The molecule has 3 rings (SSSR count). The predicted molar refractivity (Wildman–Crippen MR) is 87.7 cm³/mol. The molecular formula is C17H13ClN2O3. The Hall–Kier alpha value is -2.79. The molecule has 0 unspecified atom stereocenters. The Labute approximate surface area is 137 Å². The van der Waals surface area contributed by atoms with Crippen LogP contribution in [0, 0.1) is 6.92 Å². The zero-order valence-corrected chi connectivity index (χ0v) is 13.0. The second kappa shape index (κ2) is 6.14. The van der Waals surface area contributed by atoms with E-state index in [-0.39, 0.29) is 11.7 Å². The van der Waals surface area contributed by atoms with Gasteiger partial charge in [-0.15, -0.1) is 0 Å². The van der Waals surface area contributed by atoms with Crippen LogP contribution in [0.1, 0.15) is 16.1 Å². The van der Waals surface area contributed by atoms with Crippen LogP contribution in [0.4, 0.5) is 5.69 Å². The average Bonchev–Trinajstić information content (AvgIpc) is 2.91. The third kappa shape index (κ3) is 3.05. The molecule has 0 aliphatic rings. The zero-order chi connectivity index (χ0) is 16.4. The summed E-state index contributed by atoms with van der Waals surface area (Å²) < 4.78 is 5.17. The Morgan fingerprint density at radius 1 is 1.17 bits per heavy atom. The molecule has 23 heavy (non-hydrogen) atoms. The van der Waals surface area contributed by atoms with E-state index in [1.165, 1.54) is 12.1 Å². The summed E-state index contributed by atoms with van der Waals surface area (Å²) in [4.78, 5) is 12.6. The van der Waals surface area contributed by atoms with Gasteiger partial charge in [0.15, 0.2) is 0 Å². The molecule has 0 aliphatic carbocycles. The highest BCUT2D eigenvalue weighted by Crippen LogP contribution is 2.31. The number of phenolic OH excluding ortho intramolecular Hbond substituents is 1. The normalized spacial score (nSPS) is 10.5. The van der Waals surface area contributed by atoms with Crippen molar-refractivity contribution in [2.24, 2.45) is 0 Å². The maximum atomic E-state index is 12.6. The quantitative estimate of drug-likeness (QED) is 0.704. The van der Waals surface area contributed by atoms with Crippen LogP contribution >= 0.6 is 11.6 Å². The highest BCUT2D eigenvalue weighted by atomic mass is 35.5. The van der Waals surface area contributed by atoms with Gasteiger partial charge >= 0.3 is 0 Å². The number of anilines is 1. The van der Waals surface area contributed by atoms with E-state index >= 15 is 0 Å². The largest absolute Gasteiger partial charge is 0.508 e. The summed E-state index contributed by atoms with van der Waals surface area (Å²) in [5, 5.41) is 16.5. The van der Waals surface area contributed by atoms with Crippen LogP contribution in [0.2, 0.25) is 5.02 Å². The fourth-order valence-corrected chi connectivity index (χ4v) is 2.44. The van der Waals surface area contributed by atoms with Gasteiger partial charge in [-0.25, -0.2) is 0 Å². The van der Waals surface area contributed by atoms with Gasteiger partial charge in [-0.05, 0) is 37.3 Å². The number of nitrogens with one attached hydrogen (secondary N) is 1. The molecule has 2 aromatic carbocycles. The van der Waals surface area contributed by atoms with E-state index in [1.807, 2.05) is 6.07 Å². The van der Waals surface area contributed by atoms with Crippen LogP contribution in [-0.2, 0) is 0 Å². The van der Waals surface area contributed by atoms with Crippen molar-refractivity contribution in [3.63, 3.8) is 0 Å². The van der Waals surface area contributed by atoms with E-state index in [0.717, 1.165) is 0 Å². The van der Waals surface area contributed by atoms with Gasteiger partial charge in [-0.3, -0.25) is 4.79 Å². The van der Waals surface area contributed by atoms with Gasteiger partial charge in [0, 0.05) is 11.3 Å². The molecule has 5 nitrogen and oxygen atoms in total. The van der Waals surface area contributed by atoms with Gasteiger partial charge in [-0.1, -0.05) is 35.0 Å². The number of carbonyl (C=O) groups excluding carboxylic acids is 1. The first-order chi connectivity index (χ1) is 11.1. The summed E-state index contributed by atoms with van der Waals surface area (Å²) in [6.07, 6.45) is 0. The molecule has 2 N–H and O–H groups in total. The number of rotatable bonds is 3. The number of hydrogen-bond donors (Lipinski definition) is 2. The summed E-state index contributed by atoms with van der Waals surface area (Å²) in [5.74, 6) is 0.168. The number of aromatic nitrogens is 1. The number of phenols is 1. The standard InChI is InChI=1S/C17H13ClN2O3/c1-10-15(17(22)19-11-6-8-12(21)9-7-11)16(20-23-10)13-4-2-3-5-14(13)18/h2-9,21H,1H3,(H,19,22). The molecule has 0 saturated carbocycles. The lowest BCUT2D eigenvalue weighted by atomic mass is 10.1. The third-order valence-corrected chi connectivity index (χ3v) is 3.67. The Morgan fingerprint density at radius 2 is 1.87 bits per heavy atom. The SMILES string of the molecule is Cc1onc(-c2ccccc2Cl)c1C(=O)Nc1ccc(O)cc1. The van der Waals surface area contributed by atoms with Crippen molar-refractivity contribution in [3.05, 3.63) is 64.9 Å². The molecule has 0 radical (unpaired) electrons. The lowest BCUT2D eigenvalue weighted by Crippen LogP contribution is -2.13. The van der Waals surface area contributed by atoms with Crippen LogP contribution in [0.15, 0.2) is 53.1 Å². The van der Waals surface area contributed by atoms with Crippen molar-refractivity contribution < 1.29 is 14.4 Å². The van der Waals surface area contributed by atoms with Crippen molar-refractivity contribution in [3.8, 4) is 17.0 Å². The fraction of sp³-hybridized carbons (Fsp3) is 0.0588. The maximum absolute atomic E-state index is 12.6. The summed E-state index contributed by atoms with van der Waals surface area (Å²) in [5.41, 5.74) is 1.90. The van der Waals surface area contributed by atoms with Gasteiger partial charge in [0.05, 0.1) is 5.02 Å². The number of aromatic hydroxyl groups is 1. The van der Waals surface area contributed by atoms with Crippen molar-refractivity contribution in [2.75, 3.05) is 5.32 Å². The number of amides is 1. The molecule has 0 bridgehead atoms. The van der Waals surface area contributed by atoms with Crippen molar-refractivity contribution in [1.82, 2.24) is 5.16 Å². The fourth-order valence-electron chi connectivity index (χ4n) is 2.22. The number of nitrogens with zero attached hydrogens (tertiary/aromatic N) is 1. The smallest absolute Gasteiger partial charge is 0.261 e. The maximum Gasteiger partial charge on any atom is 0.261 e. The van der Waals surface area contributed by atoms with Crippen molar-refractivity contribution in [2.45, 2.75) is 6.92 Å². The zero-order valence-electron chi connectivity index (χ0n) is 12.2. The minimum absolute atomic E-state index is 0.126. The number of benzene rings is 2. The van der Waals surface area contributed by atoms with Crippen molar-refractivity contribution in [1.29, 1.82) is 0 Å². The van der Waals surface area contributed by atoms with E-state index in [4.69, 9.17) is 16.1 Å². The molecule has 6 heteroatoms. The first-order valence-electron chi connectivity index (χ1n) is 6.88. The molecule has 0 fully saturated rings. The summed E-state index contributed by atoms with van der Waals surface area (Å²) >= 11 is 6.18. The number of aryl methyl sites for hydroxylation is 1. The molecule has 0 atom stereocenters. The average molecular weight is 329 g/mol. The molecule has 116 valence electrons. The Bertz CT molecular complexity index is 857. The molecule has 0 aliphatic heterocycles. The summed E-state index contributed by atoms with van der Waals surface area (Å²) in [7, 11) is 0. The van der Waals surface area contributed by atoms with E-state index < -0.39 is 0 Å². The van der Waals surface area contributed by atoms with Crippen LogP contribution in [0.3, 0.4) is 0 Å². The van der Waals surface area contributed by atoms with Gasteiger partial charge < -0.3 is 14.9 Å². The molecule has 1 aromatic heterocycles. The predicted octanol–water partition coefficient (Wildman–Crippen LogP) is 4.26. The lowest BCUT2D eigenvalue weighted by Gasteiger charge is -2.06. The highest BCUT2D eigenvalue weighted by Gasteiger charge is 2.23. The Kier molecular flexibility index (Phi) is 4.04. The second-order valence-corrected chi connectivity index (χ2v) is 5.35. The van der Waals surface area contributed by atoms with Gasteiger partial charge in [0.1, 0.15) is 22.8 Å². The minimum atomic E-state index is -0.357. The molecule has 1 amide bonds. The number of hydrogen-bond acceptors (Lipinski definition) is 4. The van der Waals surface area contributed by atoms with Crippen LogP contribution < -0.4 is 5.32 Å². The van der Waals surface area contributed by atoms with Crippen molar-refractivity contribution >= 4 is 23.2 Å². The number of carbonyl (C=O) groups is 1.